The molecular weight excluding hydrogens is 280 g/mol. The lowest BCUT2D eigenvalue weighted by Gasteiger charge is -2.28. The number of carbonyl (C=O) groups excluding carboxylic acids is 2. The van der Waals surface area contributed by atoms with Crippen molar-refractivity contribution in [3.8, 4) is 0 Å². The Hall–Kier alpha value is -1.10. The van der Waals surface area contributed by atoms with E-state index in [1.54, 1.807) is 0 Å². The number of aliphatic hydroxyl groups is 1. The van der Waals surface area contributed by atoms with Crippen LogP contribution in [0.4, 0.5) is 0 Å². The molecule has 5 nitrogen and oxygen atoms in total. The Morgan fingerprint density at radius 3 is 2.41 bits per heavy atom. The van der Waals surface area contributed by atoms with Gasteiger partial charge in [0.15, 0.2) is 0 Å². The first-order chi connectivity index (χ1) is 10.7. The summed E-state index contributed by atoms with van der Waals surface area (Å²) in [5.74, 6) is 0.0499. The minimum atomic E-state index is -0.192. The second-order valence-electron chi connectivity index (χ2n) is 7.08. The molecule has 1 unspecified atom stereocenters. The standard InChI is InChI=1S/C17H28N2O3/c20-10-9-18(15-7-8-15)17(22)13-11-16(21)19(12-13)14-5-3-1-2-4-6-14/h13-15,20H,1-12H2. The van der Waals surface area contributed by atoms with Crippen LogP contribution in [-0.4, -0.2) is 58.5 Å². The highest BCUT2D eigenvalue weighted by Crippen LogP contribution is 2.32. The van der Waals surface area contributed by atoms with Crippen LogP contribution < -0.4 is 0 Å². The van der Waals surface area contributed by atoms with Crippen LogP contribution in [-0.2, 0) is 9.59 Å². The molecule has 0 radical (unpaired) electrons. The van der Waals surface area contributed by atoms with E-state index in [0.29, 0.717) is 31.6 Å². The van der Waals surface area contributed by atoms with Gasteiger partial charge in [-0.1, -0.05) is 25.7 Å². The van der Waals surface area contributed by atoms with Crippen LogP contribution in [0.25, 0.3) is 0 Å². The topological polar surface area (TPSA) is 60.9 Å². The van der Waals surface area contributed by atoms with E-state index in [1.807, 2.05) is 9.80 Å². The third kappa shape index (κ3) is 3.45. The lowest BCUT2D eigenvalue weighted by molar-refractivity contribution is -0.136. The Kier molecular flexibility index (Phi) is 5.01. The molecule has 1 saturated heterocycles. The van der Waals surface area contributed by atoms with Gasteiger partial charge in [-0.25, -0.2) is 0 Å². The average molecular weight is 308 g/mol. The molecule has 2 amide bonds. The molecule has 0 aromatic carbocycles. The van der Waals surface area contributed by atoms with Crippen LogP contribution >= 0.6 is 0 Å². The Labute approximate surface area is 132 Å². The van der Waals surface area contributed by atoms with E-state index in [2.05, 4.69) is 0 Å². The van der Waals surface area contributed by atoms with E-state index in [-0.39, 0.29) is 24.3 Å². The summed E-state index contributed by atoms with van der Waals surface area (Å²) < 4.78 is 0. The quantitative estimate of drug-likeness (QED) is 0.784. The lowest BCUT2D eigenvalue weighted by Crippen LogP contribution is -2.41. The predicted molar refractivity (Wildman–Crippen MR) is 83.1 cm³/mol. The van der Waals surface area contributed by atoms with Crippen LogP contribution in [0.15, 0.2) is 0 Å². The van der Waals surface area contributed by atoms with Gasteiger partial charge < -0.3 is 14.9 Å². The zero-order chi connectivity index (χ0) is 15.5. The van der Waals surface area contributed by atoms with Crippen molar-refractivity contribution >= 4 is 11.8 Å². The van der Waals surface area contributed by atoms with Crippen LogP contribution in [0.2, 0.25) is 0 Å². The van der Waals surface area contributed by atoms with Crippen LogP contribution in [0.5, 0.6) is 0 Å². The van der Waals surface area contributed by atoms with Gasteiger partial charge >= 0.3 is 0 Å². The van der Waals surface area contributed by atoms with Gasteiger partial charge in [0, 0.05) is 31.6 Å². The number of amides is 2. The van der Waals surface area contributed by atoms with Gasteiger partial charge in [-0.2, -0.15) is 0 Å². The molecule has 2 aliphatic carbocycles. The number of aliphatic hydroxyl groups excluding tert-OH is 1. The monoisotopic (exact) mass is 308 g/mol. The van der Waals surface area contributed by atoms with Crippen molar-refractivity contribution in [1.29, 1.82) is 0 Å². The van der Waals surface area contributed by atoms with Gasteiger partial charge in [0.25, 0.3) is 0 Å². The summed E-state index contributed by atoms with van der Waals surface area (Å²) in [5, 5.41) is 9.17. The van der Waals surface area contributed by atoms with Crippen molar-refractivity contribution in [1.82, 2.24) is 9.80 Å². The van der Waals surface area contributed by atoms with Crippen molar-refractivity contribution in [3.05, 3.63) is 0 Å². The first kappa shape index (κ1) is 15.8. The molecular formula is C17H28N2O3. The van der Waals surface area contributed by atoms with Gasteiger partial charge in [0.1, 0.15) is 0 Å². The molecule has 1 atom stereocenters. The van der Waals surface area contributed by atoms with Gasteiger partial charge in [-0.05, 0) is 25.7 Å². The Bertz CT molecular complexity index is 414. The van der Waals surface area contributed by atoms with Gasteiger partial charge in [0.2, 0.25) is 11.8 Å². The fraction of sp³-hybridized carbons (Fsp3) is 0.882. The summed E-state index contributed by atoms with van der Waals surface area (Å²) in [6, 6.07) is 0.654. The van der Waals surface area contributed by atoms with Crippen molar-refractivity contribution in [3.63, 3.8) is 0 Å². The maximum atomic E-state index is 12.7. The molecule has 0 spiro atoms. The third-order valence-electron chi connectivity index (χ3n) is 5.38. The fourth-order valence-electron chi connectivity index (χ4n) is 4.02. The molecule has 3 fully saturated rings. The molecule has 1 aliphatic heterocycles. The zero-order valence-corrected chi connectivity index (χ0v) is 13.4. The third-order valence-corrected chi connectivity index (χ3v) is 5.38. The summed E-state index contributed by atoms with van der Waals surface area (Å²) in [5.41, 5.74) is 0. The van der Waals surface area contributed by atoms with E-state index < -0.39 is 0 Å². The molecule has 3 rings (SSSR count). The van der Waals surface area contributed by atoms with Gasteiger partial charge in [0.05, 0.1) is 12.5 Å². The minimum absolute atomic E-state index is 0.00917. The smallest absolute Gasteiger partial charge is 0.228 e. The van der Waals surface area contributed by atoms with Crippen LogP contribution in [0.3, 0.4) is 0 Å². The maximum absolute atomic E-state index is 12.7. The second-order valence-corrected chi connectivity index (χ2v) is 7.08. The van der Waals surface area contributed by atoms with E-state index in [4.69, 9.17) is 0 Å². The highest BCUT2D eigenvalue weighted by Gasteiger charge is 2.42. The summed E-state index contributed by atoms with van der Waals surface area (Å²) in [7, 11) is 0. The maximum Gasteiger partial charge on any atom is 0.228 e. The first-order valence-electron chi connectivity index (χ1n) is 8.91. The summed E-state index contributed by atoms with van der Waals surface area (Å²) >= 11 is 0. The number of hydrogen-bond donors (Lipinski definition) is 1. The van der Waals surface area contributed by atoms with Crippen molar-refractivity contribution < 1.29 is 14.7 Å². The van der Waals surface area contributed by atoms with Crippen LogP contribution in [0.1, 0.15) is 57.8 Å². The van der Waals surface area contributed by atoms with Gasteiger partial charge in [-0.15, -0.1) is 0 Å². The summed E-state index contributed by atoms with van der Waals surface area (Å²) in [6.45, 7) is 1.02. The lowest BCUT2D eigenvalue weighted by atomic mass is 10.1. The number of carbonyl (C=O) groups is 2. The normalized spacial score (nSPS) is 27.0. The molecule has 1 heterocycles. The molecule has 2 saturated carbocycles. The van der Waals surface area contributed by atoms with E-state index >= 15 is 0 Å². The minimum Gasteiger partial charge on any atom is -0.395 e. The Balaban J connectivity index is 1.61. The summed E-state index contributed by atoms with van der Waals surface area (Å²) in [4.78, 5) is 28.9. The molecule has 0 aromatic rings. The highest BCUT2D eigenvalue weighted by atomic mass is 16.3. The van der Waals surface area contributed by atoms with Crippen molar-refractivity contribution in [2.24, 2.45) is 5.92 Å². The van der Waals surface area contributed by atoms with E-state index in [9.17, 15) is 14.7 Å². The number of likely N-dealkylation sites (tertiary alicyclic amines) is 1. The van der Waals surface area contributed by atoms with Crippen molar-refractivity contribution in [2.45, 2.75) is 69.9 Å². The van der Waals surface area contributed by atoms with Crippen LogP contribution in [0, 0.1) is 5.92 Å². The SMILES string of the molecule is O=C1CC(C(=O)N(CCO)C2CC2)CN1C1CCCCCC1. The molecule has 124 valence electrons. The molecule has 0 bridgehead atoms. The van der Waals surface area contributed by atoms with E-state index in [1.165, 1.54) is 25.7 Å². The number of nitrogens with zero attached hydrogens (tertiary/aromatic N) is 2. The summed E-state index contributed by atoms with van der Waals surface area (Å²) in [6.07, 6.45) is 9.57. The highest BCUT2D eigenvalue weighted by molar-refractivity contribution is 5.89. The second kappa shape index (κ2) is 6.99. The fourth-order valence-corrected chi connectivity index (χ4v) is 4.02. The zero-order valence-electron chi connectivity index (χ0n) is 13.4. The molecule has 5 heteroatoms. The number of hydrogen-bond acceptors (Lipinski definition) is 3. The number of rotatable bonds is 5. The largest absolute Gasteiger partial charge is 0.395 e. The molecule has 1 N–H and O–H groups in total. The van der Waals surface area contributed by atoms with Gasteiger partial charge in [-0.3, -0.25) is 9.59 Å². The molecule has 0 aromatic heterocycles. The average Bonchev–Trinajstić information content (AvgIpc) is 3.31. The van der Waals surface area contributed by atoms with Crippen molar-refractivity contribution in [2.75, 3.05) is 19.7 Å². The Morgan fingerprint density at radius 1 is 1.14 bits per heavy atom. The van der Waals surface area contributed by atoms with E-state index in [0.717, 1.165) is 25.7 Å². The molecule has 22 heavy (non-hydrogen) atoms. The first-order valence-corrected chi connectivity index (χ1v) is 8.91. The Morgan fingerprint density at radius 2 is 1.82 bits per heavy atom. The molecule has 3 aliphatic rings. The predicted octanol–water partition coefficient (Wildman–Crippen LogP) is 1.54.